The number of carbonyl (C=O) groups excluding carboxylic acids is 2. The lowest BCUT2D eigenvalue weighted by molar-refractivity contribution is -0.132. The third kappa shape index (κ3) is 2.94. The van der Waals surface area contributed by atoms with Crippen molar-refractivity contribution in [1.82, 2.24) is 29.7 Å². The first-order valence-electron chi connectivity index (χ1n) is 9.86. The minimum Gasteiger partial charge on any atom is -0.354 e. The number of urea groups is 1. The Bertz CT molecular complexity index is 922. The molecule has 0 unspecified atom stereocenters. The molecule has 1 N–H and O–H groups in total. The zero-order valence-corrected chi connectivity index (χ0v) is 16.1. The average Bonchev–Trinajstić information content (AvgIpc) is 3.22. The minimum atomic E-state index is -0.0539. The summed E-state index contributed by atoms with van der Waals surface area (Å²) in [4.78, 5) is 44.6. The predicted octanol–water partition coefficient (Wildman–Crippen LogP) is 0.754. The molecular formula is C19H25N7O2. The molecule has 1 aliphatic carbocycles. The number of fused-ring (bicyclic) bond motifs is 1. The van der Waals surface area contributed by atoms with Gasteiger partial charge in [-0.1, -0.05) is 0 Å². The molecule has 5 rings (SSSR count). The van der Waals surface area contributed by atoms with Crippen LogP contribution in [-0.2, 0) is 4.79 Å². The molecule has 9 heteroatoms. The molecule has 3 fully saturated rings. The number of amides is 3. The molecule has 2 aromatic heterocycles. The van der Waals surface area contributed by atoms with Crippen LogP contribution >= 0.6 is 0 Å². The van der Waals surface area contributed by atoms with Crippen LogP contribution in [0.15, 0.2) is 18.6 Å². The highest BCUT2D eigenvalue weighted by Crippen LogP contribution is 2.48. The molecule has 3 amide bonds. The Kier molecular flexibility index (Phi) is 3.92. The van der Waals surface area contributed by atoms with E-state index in [2.05, 4.69) is 19.9 Å². The number of H-pyrrole nitrogens is 1. The van der Waals surface area contributed by atoms with Gasteiger partial charge in [0.25, 0.3) is 0 Å². The normalized spacial score (nSPS) is 21.7. The van der Waals surface area contributed by atoms with Crippen LogP contribution in [0.5, 0.6) is 0 Å². The van der Waals surface area contributed by atoms with Gasteiger partial charge in [-0.05, 0) is 18.9 Å². The van der Waals surface area contributed by atoms with Gasteiger partial charge in [0, 0.05) is 57.9 Å². The van der Waals surface area contributed by atoms with Crippen molar-refractivity contribution in [2.24, 2.45) is 5.41 Å². The Morgan fingerprint density at radius 3 is 2.79 bits per heavy atom. The fraction of sp³-hybridized carbons (Fsp3) is 0.579. The van der Waals surface area contributed by atoms with Crippen molar-refractivity contribution in [3.63, 3.8) is 0 Å². The smallest absolute Gasteiger partial charge is 0.320 e. The molecule has 9 nitrogen and oxygen atoms in total. The summed E-state index contributed by atoms with van der Waals surface area (Å²) in [5.74, 6) is 0.981. The summed E-state index contributed by atoms with van der Waals surface area (Å²) in [7, 11) is 1.78. The summed E-state index contributed by atoms with van der Waals surface area (Å²) < 4.78 is 0. The molecular weight excluding hydrogens is 358 g/mol. The number of hydrogen-bond acceptors (Lipinski definition) is 5. The molecule has 148 valence electrons. The van der Waals surface area contributed by atoms with E-state index in [1.54, 1.807) is 23.2 Å². The van der Waals surface area contributed by atoms with Gasteiger partial charge in [0.05, 0.1) is 5.39 Å². The summed E-state index contributed by atoms with van der Waals surface area (Å²) in [6, 6.07) is 1.95. The van der Waals surface area contributed by atoms with Crippen LogP contribution in [0.2, 0.25) is 0 Å². The van der Waals surface area contributed by atoms with E-state index in [0.717, 1.165) is 49.3 Å². The number of aromatic nitrogens is 3. The van der Waals surface area contributed by atoms with E-state index in [-0.39, 0.29) is 23.9 Å². The van der Waals surface area contributed by atoms with E-state index >= 15 is 0 Å². The quantitative estimate of drug-likeness (QED) is 0.845. The Morgan fingerprint density at radius 1 is 1.18 bits per heavy atom. The van der Waals surface area contributed by atoms with Crippen LogP contribution in [0.4, 0.5) is 10.6 Å². The number of nitrogens with zero attached hydrogens (tertiary/aromatic N) is 6. The van der Waals surface area contributed by atoms with Gasteiger partial charge in [-0.25, -0.2) is 14.8 Å². The molecule has 1 saturated carbocycles. The molecule has 3 aliphatic rings. The number of hydrogen-bond donors (Lipinski definition) is 1. The fourth-order valence-electron chi connectivity index (χ4n) is 4.37. The van der Waals surface area contributed by atoms with Gasteiger partial charge in [0.15, 0.2) is 0 Å². The molecule has 2 aromatic rings. The lowest BCUT2D eigenvalue weighted by Gasteiger charge is -2.26. The van der Waals surface area contributed by atoms with Crippen LogP contribution in [0.3, 0.4) is 0 Å². The summed E-state index contributed by atoms with van der Waals surface area (Å²) in [5, 5.41) is 1.02. The second-order valence-corrected chi connectivity index (χ2v) is 8.30. The third-order valence-electron chi connectivity index (χ3n) is 6.26. The lowest BCUT2D eigenvalue weighted by Crippen LogP contribution is -2.44. The van der Waals surface area contributed by atoms with Crippen molar-refractivity contribution in [3.8, 4) is 0 Å². The number of anilines is 1. The zero-order valence-electron chi connectivity index (χ0n) is 16.1. The van der Waals surface area contributed by atoms with Crippen LogP contribution in [-0.4, -0.2) is 94.5 Å². The fourth-order valence-corrected chi connectivity index (χ4v) is 4.37. The maximum Gasteiger partial charge on any atom is 0.320 e. The highest BCUT2D eigenvalue weighted by atomic mass is 16.2. The molecule has 28 heavy (non-hydrogen) atoms. The third-order valence-corrected chi connectivity index (χ3v) is 6.26. The van der Waals surface area contributed by atoms with Crippen molar-refractivity contribution in [2.75, 3.05) is 57.8 Å². The maximum atomic E-state index is 13.0. The van der Waals surface area contributed by atoms with Crippen molar-refractivity contribution in [2.45, 2.75) is 12.8 Å². The zero-order chi connectivity index (χ0) is 19.3. The topological polar surface area (TPSA) is 88.7 Å². The first-order valence-corrected chi connectivity index (χ1v) is 9.86. The summed E-state index contributed by atoms with van der Waals surface area (Å²) in [6.45, 7) is 4.53. The van der Waals surface area contributed by atoms with Gasteiger partial charge in [-0.15, -0.1) is 0 Å². The molecule has 2 saturated heterocycles. The summed E-state index contributed by atoms with van der Waals surface area (Å²) >= 11 is 0. The highest BCUT2D eigenvalue weighted by molar-refractivity contribution is 5.88. The second kappa shape index (κ2) is 6.35. The van der Waals surface area contributed by atoms with Crippen LogP contribution in [0.25, 0.3) is 11.0 Å². The van der Waals surface area contributed by atoms with E-state index in [4.69, 9.17) is 0 Å². The standard InChI is InChI=1S/C19H25N7O2/c1-23-6-7-24(18(23)28)10-15(27)25-8-9-26(12-19(11-25)3-4-19)17-14-2-5-20-16(14)21-13-22-17/h2,5,13H,3-4,6-12H2,1H3,(H,20,21,22). The maximum absolute atomic E-state index is 13.0. The van der Waals surface area contributed by atoms with E-state index in [1.807, 2.05) is 17.2 Å². The minimum absolute atomic E-state index is 0.0475. The molecule has 2 aliphatic heterocycles. The molecule has 0 radical (unpaired) electrons. The number of likely N-dealkylation sites (N-methyl/N-ethyl adjacent to an activating group) is 1. The Balaban J connectivity index is 1.33. The monoisotopic (exact) mass is 383 g/mol. The van der Waals surface area contributed by atoms with Gasteiger partial charge in [-0.2, -0.15) is 0 Å². The first-order chi connectivity index (χ1) is 13.5. The average molecular weight is 383 g/mol. The van der Waals surface area contributed by atoms with E-state index in [1.165, 1.54) is 0 Å². The van der Waals surface area contributed by atoms with Gasteiger partial charge >= 0.3 is 6.03 Å². The number of carbonyl (C=O) groups is 2. The molecule has 0 aromatic carbocycles. The van der Waals surface area contributed by atoms with Crippen molar-refractivity contribution in [1.29, 1.82) is 0 Å². The van der Waals surface area contributed by atoms with Crippen molar-refractivity contribution >= 4 is 28.8 Å². The Hall–Kier alpha value is -2.84. The van der Waals surface area contributed by atoms with E-state index in [9.17, 15) is 9.59 Å². The molecule has 4 heterocycles. The van der Waals surface area contributed by atoms with Gasteiger partial charge in [-0.3, -0.25) is 4.79 Å². The van der Waals surface area contributed by atoms with E-state index < -0.39 is 0 Å². The Labute approximate surface area is 163 Å². The molecule has 0 atom stereocenters. The molecule has 0 bridgehead atoms. The first kappa shape index (κ1) is 17.3. The van der Waals surface area contributed by atoms with Gasteiger partial charge in [0.1, 0.15) is 24.3 Å². The number of nitrogens with one attached hydrogen (secondary N) is 1. The van der Waals surface area contributed by atoms with Crippen molar-refractivity contribution < 1.29 is 9.59 Å². The van der Waals surface area contributed by atoms with Gasteiger partial charge < -0.3 is 24.6 Å². The number of rotatable bonds is 3. The summed E-state index contributed by atoms with van der Waals surface area (Å²) in [6.07, 6.45) is 5.73. The predicted molar refractivity (Wildman–Crippen MR) is 104 cm³/mol. The lowest BCUT2D eigenvalue weighted by atomic mass is 10.1. The van der Waals surface area contributed by atoms with E-state index in [0.29, 0.717) is 19.6 Å². The van der Waals surface area contributed by atoms with Crippen LogP contribution in [0, 0.1) is 5.41 Å². The molecule has 1 spiro atoms. The van der Waals surface area contributed by atoms with Crippen LogP contribution in [0.1, 0.15) is 12.8 Å². The number of aromatic amines is 1. The second-order valence-electron chi connectivity index (χ2n) is 8.30. The SMILES string of the molecule is CN1CCN(CC(=O)N2CCN(c3ncnc4[nH]ccc34)CC3(CC3)C2)C1=O. The summed E-state index contributed by atoms with van der Waals surface area (Å²) in [5.41, 5.74) is 0.981. The van der Waals surface area contributed by atoms with Crippen LogP contribution < -0.4 is 4.90 Å². The van der Waals surface area contributed by atoms with Crippen molar-refractivity contribution in [3.05, 3.63) is 18.6 Å². The van der Waals surface area contributed by atoms with Gasteiger partial charge in [0.2, 0.25) is 5.91 Å². The Morgan fingerprint density at radius 2 is 2.04 bits per heavy atom. The largest absolute Gasteiger partial charge is 0.354 e. The highest BCUT2D eigenvalue weighted by Gasteiger charge is 2.48.